The van der Waals surface area contributed by atoms with Gasteiger partial charge in [0.1, 0.15) is 29.2 Å². The van der Waals surface area contributed by atoms with Crippen LogP contribution in [0.15, 0.2) is 52.2 Å². The monoisotopic (exact) mass is 730 g/mol. The number of anilines is 1. The summed E-state index contributed by atoms with van der Waals surface area (Å²) in [6.07, 6.45) is -5.15. The van der Waals surface area contributed by atoms with E-state index in [-0.39, 0.29) is 53.4 Å². The molecule has 6 rings (SSSR count). The van der Waals surface area contributed by atoms with Gasteiger partial charge >= 0.3 is 17.3 Å². The molecule has 6 N–H and O–H groups in total. The molecule has 0 aliphatic carbocycles. The highest BCUT2D eigenvalue weighted by Crippen LogP contribution is 2.42. The minimum Gasteiger partial charge on any atom is -0.508 e. The largest absolute Gasteiger partial charge is 0.508 e. The van der Waals surface area contributed by atoms with E-state index >= 15 is 4.39 Å². The Balaban J connectivity index is 1.04. The number of aliphatic hydroxyl groups excluding tert-OH is 2. The van der Waals surface area contributed by atoms with E-state index in [9.17, 15) is 43.6 Å². The highest BCUT2D eigenvalue weighted by atomic mass is 19.3. The molecule has 2 aliphatic rings. The zero-order chi connectivity index (χ0) is 37.5. The molecule has 0 spiro atoms. The van der Waals surface area contributed by atoms with Gasteiger partial charge in [-0.15, -0.1) is 0 Å². The fourth-order valence-corrected chi connectivity index (χ4v) is 6.27. The van der Waals surface area contributed by atoms with E-state index in [0.717, 1.165) is 16.8 Å². The molecule has 0 saturated carbocycles. The maximum absolute atomic E-state index is 15.4. The summed E-state index contributed by atoms with van der Waals surface area (Å²) in [5.41, 5.74) is -0.552. The predicted octanol–water partition coefficient (Wildman–Crippen LogP) is 1.10. The summed E-state index contributed by atoms with van der Waals surface area (Å²) in [5.74, 6) is -5.58. The molecule has 2 aromatic carbocycles. The summed E-state index contributed by atoms with van der Waals surface area (Å²) in [6, 6.07) is 8.16. The summed E-state index contributed by atoms with van der Waals surface area (Å²) in [5, 5.41) is 48.5. The maximum Gasteiger partial charge on any atom is 0.351 e. The van der Waals surface area contributed by atoms with Crippen molar-refractivity contribution < 1.29 is 43.1 Å². The van der Waals surface area contributed by atoms with Crippen LogP contribution in [0.3, 0.4) is 0 Å². The molecule has 4 aromatic rings. The van der Waals surface area contributed by atoms with Crippen LogP contribution in [-0.4, -0.2) is 118 Å². The molecule has 0 radical (unpaired) electrons. The van der Waals surface area contributed by atoms with E-state index in [0.29, 0.717) is 41.9 Å². The van der Waals surface area contributed by atoms with Crippen LogP contribution in [0.25, 0.3) is 17.1 Å². The number of aromatic hydroxyl groups is 2. The number of benzene rings is 2. The average molecular weight is 731 g/mol. The maximum atomic E-state index is 15.4. The number of halogens is 3. The van der Waals surface area contributed by atoms with Crippen LogP contribution in [0, 0.1) is 5.82 Å². The molecule has 3 unspecified atom stereocenters. The summed E-state index contributed by atoms with van der Waals surface area (Å²) in [6.45, 7) is 4.90. The Hall–Kier alpha value is -5.08. The van der Waals surface area contributed by atoms with Crippen LogP contribution in [0.4, 0.5) is 19.0 Å². The summed E-state index contributed by atoms with van der Waals surface area (Å²) >= 11 is 0. The Kier molecular flexibility index (Phi) is 10.2. The van der Waals surface area contributed by atoms with Gasteiger partial charge in [0.2, 0.25) is 12.1 Å². The van der Waals surface area contributed by atoms with Crippen LogP contribution in [0.2, 0.25) is 0 Å². The van der Waals surface area contributed by atoms with Crippen LogP contribution >= 0.6 is 0 Å². The number of phenols is 2. The van der Waals surface area contributed by atoms with Crippen LogP contribution in [-0.2, 0) is 16.1 Å². The molecule has 2 aliphatic heterocycles. The zero-order valence-electron chi connectivity index (χ0n) is 28.0. The van der Waals surface area contributed by atoms with Gasteiger partial charge in [0.25, 0.3) is 0 Å². The Morgan fingerprint density at radius 3 is 2.42 bits per heavy atom. The van der Waals surface area contributed by atoms with Gasteiger partial charge in [0, 0.05) is 50.6 Å². The number of hydrogen-bond donors (Lipinski definition) is 6. The number of carbonyl (C=O) groups excluding carboxylic acids is 1. The molecule has 52 heavy (non-hydrogen) atoms. The fraction of sp³-hybridized carbons (Fsp3) is 0.424. The van der Waals surface area contributed by atoms with Gasteiger partial charge in [-0.25, -0.2) is 23.6 Å². The Morgan fingerprint density at radius 2 is 1.79 bits per heavy atom. The van der Waals surface area contributed by atoms with Gasteiger partial charge in [-0.3, -0.25) is 19.2 Å². The van der Waals surface area contributed by atoms with Crippen molar-refractivity contribution in [1.82, 2.24) is 34.1 Å². The second kappa shape index (κ2) is 14.5. The molecule has 2 saturated heterocycles. The van der Waals surface area contributed by atoms with E-state index in [1.54, 1.807) is 12.1 Å². The number of aromatic amines is 1. The van der Waals surface area contributed by atoms with Crippen molar-refractivity contribution in [2.45, 2.75) is 50.7 Å². The number of carbonyl (C=O) groups is 1. The number of amides is 1. The quantitative estimate of drug-likeness (QED) is 0.136. The second-order valence-electron chi connectivity index (χ2n) is 13.0. The topological polar surface area (TPSA) is 211 Å². The first-order valence-corrected chi connectivity index (χ1v) is 16.4. The number of phenolic OH excluding ortho intramolecular Hbond substituents is 2. The number of aliphatic hydroxyl groups is 2. The third-order valence-electron chi connectivity index (χ3n) is 9.11. The van der Waals surface area contributed by atoms with Crippen molar-refractivity contribution in [2.24, 2.45) is 0 Å². The van der Waals surface area contributed by atoms with Crippen LogP contribution in [0.5, 0.6) is 11.5 Å². The molecule has 278 valence electrons. The SMILES string of the molecule is CC(C)c1cc(-c2n[nH]c(=O)n2-c2ccc(CN3CCN(CC(=O)Nc4ccn(C5OC(CO)C(O)C5(F)F)c(=O)n4)CC3)c(F)c2)c(O)cc1O. The van der Waals surface area contributed by atoms with Gasteiger partial charge in [-0.2, -0.15) is 18.9 Å². The van der Waals surface area contributed by atoms with E-state index in [1.165, 1.54) is 18.2 Å². The summed E-state index contributed by atoms with van der Waals surface area (Å²) in [4.78, 5) is 45.4. The van der Waals surface area contributed by atoms with Crippen molar-refractivity contribution >= 4 is 11.7 Å². The van der Waals surface area contributed by atoms with E-state index in [4.69, 9.17) is 4.74 Å². The first-order chi connectivity index (χ1) is 24.7. The second-order valence-corrected chi connectivity index (χ2v) is 13.0. The van der Waals surface area contributed by atoms with Crippen LogP contribution < -0.4 is 16.7 Å². The van der Waals surface area contributed by atoms with E-state index in [1.807, 2.05) is 23.6 Å². The number of rotatable bonds is 10. The van der Waals surface area contributed by atoms with Crippen molar-refractivity contribution in [3.8, 4) is 28.6 Å². The molecule has 2 fully saturated rings. The van der Waals surface area contributed by atoms with Crippen molar-refractivity contribution in [1.29, 1.82) is 0 Å². The van der Waals surface area contributed by atoms with Crippen molar-refractivity contribution in [3.63, 3.8) is 0 Å². The Labute approximate surface area is 293 Å². The summed E-state index contributed by atoms with van der Waals surface area (Å²) < 4.78 is 50.9. The lowest BCUT2D eigenvalue weighted by molar-refractivity contribution is -0.141. The molecular formula is C33H37F3N8O8. The highest BCUT2D eigenvalue weighted by Gasteiger charge is 2.59. The normalized spacial score (nSPS) is 20.8. The molecule has 3 atom stereocenters. The number of alkyl halides is 2. The molecule has 1 amide bonds. The number of aromatic nitrogens is 5. The Bertz CT molecular complexity index is 2080. The van der Waals surface area contributed by atoms with E-state index in [2.05, 4.69) is 20.5 Å². The van der Waals surface area contributed by atoms with Crippen molar-refractivity contribution in [2.75, 3.05) is 44.6 Å². The highest BCUT2D eigenvalue weighted by molar-refractivity contribution is 5.91. The third-order valence-corrected chi connectivity index (χ3v) is 9.11. The number of ether oxygens (including phenoxy) is 1. The standard InChI is InChI=1S/C33H37F3N8O8/c1-17(2)20-12-21(24(47)13-23(20)46)29-39-40-32(51)44(29)19-4-3-18(22(34)11-19)14-41-7-9-42(10-8-41)15-27(48)37-26-5-6-43(31(50)38-26)30-33(35,36)28(49)25(16-45)52-30/h3-6,11-13,17,25,28,30,45-47,49H,7-10,14-16H2,1-2H3,(H,40,51)(H,37,38,48,50). The molecule has 19 heteroatoms. The van der Waals surface area contributed by atoms with Crippen molar-refractivity contribution in [3.05, 3.63) is 80.5 Å². The van der Waals surface area contributed by atoms with Gasteiger partial charge in [0.05, 0.1) is 24.4 Å². The Morgan fingerprint density at radius 1 is 1.08 bits per heavy atom. The molecular weight excluding hydrogens is 693 g/mol. The van der Waals surface area contributed by atoms with E-state index < -0.39 is 54.1 Å². The molecule has 16 nitrogen and oxygen atoms in total. The first kappa shape index (κ1) is 36.7. The predicted molar refractivity (Wildman–Crippen MR) is 178 cm³/mol. The van der Waals surface area contributed by atoms with Crippen LogP contribution in [0.1, 0.15) is 37.1 Å². The lowest BCUT2D eigenvalue weighted by atomic mass is 9.98. The lowest BCUT2D eigenvalue weighted by Gasteiger charge is -2.34. The number of H-pyrrole nitrogens is 1. The minimum absolute atomic E-state index is 0.0397. The smallest absolute Gasteiger partial charge is 0.351 e. The lowest BCUT2D eigenvalue weighted by Crippen LogP contribution is -2.48. The first-order valence-electron chi connectivity index (χ1n) is 16.4. The fourth-order valence-electron chi connectivity index (χ4n) is 6.27. The van der Waals surface area contributed by atoms with Gasteiger partial charge < -0.3 is 30.5 Å². The zero-order valence-corrected chi connectivity index (χ0v) is 28.0. The summed E-state index contributed by atoms with van der Waals surface area (Å²) in [7, 11) is 0. The van der Waals surface area contributed by atoms with Gasteiger partial charge in [0.15, 0.2) is 11.9 Å². The number of nitrogens with zero attached hydrogens (tertiary/aromatic N) is 6. The minimum atomic E-state index is -3.87. The van der Waals surface area contributed by atoms with Gasteiger partial charge in [-0.05, 0) is 35.7 Å². The number of hydrogen-bond acceptors (Lipinski definition) is 12. The number of piperazine rings is 1. The molecule has 0 bridgehead atoms. The van der Waals surface area contributed by atoms with Gasteiger partial charge in [-0.1, -0.05) is 19.9 Å². The average Bonchev–Trinajstić information content (AvgIpc) is 3.57. The molecule has 2 aromatic heterocycles. The third kappa shape index (κ3) is 7.17. The number of nitrogens with one attached hydrogen (secondary N) is 2. The molecule has 4 heterocycles.